The highest BCUT2D eigenvalue weighted by atomic mass is 35.5. The number of halogens is 2. The number of aliphatic hydroxyl groups excluding tert-OH is 1. The summed E-state index contributed by atoms with van der Waals surface area (Å²) in [4.78, 5) is 12.1. The molecule has 3 atom stereocenters. The highest BCUT2D eigenvalue weighted by Crippen LogP contribution is 2.49. The van der Waals surface area contributed by atoms with E-state index >= 15 is 0 Å². The molecule has 3 aromatic rings. The van der Waals surface area contributed by atoms with Crippen LogP contribution in [-0.2, 0) is 11.2 Å². The zero-order chi connectivity index (χ0) is 23.8. The van der Waals surface area contributed by atoms with Crippen molar-refractivity contribution in [2.24, 2.45) is 5.92 Å². The van der Waals surface area contributed by atoms with Crippen molar-refractivity contribution in [2.75, 3.05) is 6.61 Å². The lowest BCUT2D eigenvalue weighted by molar-refractivity contribution is -0.124. The van der Waals surface area contributed by atoms with Crippen LogP contribution in [0.4, 0.5) is 4.39 Å². The maximum atomic E-state index is 13.4. The normalized spacial score (nSPS) is 20.1. The van der Waals surface area contributed by atoms with Crippen LogP contribution in [0.1, 0.15) is 55.0 Å². The van der Waals surface area contributed by atoms with Gasteiger partial charge in [-0.25, -0.2) is 9.07 Å². The Hall–Kier alpha value is -2.96. The van der Waals surface area contributed by atoms with Gasteiger partial charge in [-0.1, -0.05) is 41.8 Å². The van der Waals surface area contributed by atoms with Gasteiger partial charge >= 0.3 is 0 Å². The van der Waals surface area contributed by atoms with Crippen molar-refractivity contribution < 1.29 is 14.3 Å². The molecule has 0 spiro atoms. The number of nitrogens with zero attached hydrogens (tertiary/aromatic N) is 2. The minimum absolute atomic E-state index is 0.204. The summed E-state index contributed by atoms with van der Waals surface area (Å²) in [5, 5.41) is 17.6. The van der Waals surface area contributed by atoms with Crippen molar-refractivity contribution in [2.45, 2.75) is 44.6 Å². The smallest absolute Gasteiger partial charge is 0.246 e. The molecule has 0 radical (unpaired) electrons. The van der Waals surface area contributed by atoms with Crippen LogP contribution in [0.3, 0.4) is 0 Å². The highest BCUT2D eigenvalue weighted by Gasteiger charge is 2.37. The van der Waals surface area contributed by atoms with Gasteiger partial charge in [0.2, 0.25) is 5.91 Å². The number of fused-ring (bicyclic) bond motifs is 1. The number of aromatic nitrogens is 2. The van der Waals surface area contributed by atoms with Crippen molar-refractivity contribution in [3.05, 3.63) is 93.5 Å². The monoisotopic (exact) mass is 479 g/mol. The maximum Gasteiger partial charge on any atom is 0.246 e. The number of benzene rings is 2. The number of nitrogens with one attached hydrogen (secondary N) is 1. The van der Waals surface area contributed by atoms with Gasteiger partial charge in [-0.05, 0) is 67.1 Å². The van der Waals surface area contributed by atoms with Crippen LogP contribution in [-0.4, -0.2) is 27.4 Å². The van der Waals surface area contributed by atoms with Gasteiger partial charge < -0.3 is 10.4 Å². The van der Waals surface area contributed by atoms with Crippen LogP contribution in [0.5, 0.6) is 0 Å². The van der Waals surface area contributed by atoms with Crippen molar-refractivity contribution in [1.82, 2.24) is 15.1 Å². The molecule has 1 heterocycles. The summed E-state index contributed by atoms with van der Waals surface area (Å²) in [5.74, 6) is -0.0937. The van der Waals surface area contributed by atoms with E-state index in [1.807, 2.05) is 35.1 Å². The number of carbonyl (C=O) groups excluding carboxylic acids is 1. The third-order valence-electron chi connectivity index (χ3n) is 7.20. The van der Waals surface area contributed by atoms with Crippen LogP contribution in [0.15, 0.2) is 65.9 Å². The fourth-order valence-electron chi connectivity index (χ4n) is 5.63. The van der Waals surface area contributed by atoms with Gasteiger partial charge in [0.15, 0.2) is 0 Å². The van der Waals surface area contributed by atoms with E-state index in [1.165, 1.54) is 34.5 Å². The molecule has 0 fully saturated rings. The Morgan fingerprint density at radius 3 is 2.68 bits per heavy atom. The Balaban J connectivity index is 1.42. The fraction of sp³-hybridized carbons (Fsp3) is 0.333. The molecule has 7 heteroatoms. The molecule has 2 aliphatic carbocycles. The predicted molar refractivity (Wildman–Crippen MR) is 129 cm³/mol. The van der Waals surface area contributed by atoms with E-state index in [4.69, 9.17) is 11.6 Å². The molecule has 0 saturated carbocycles. The standard InChI is InChI=1S/C27H27ClFN3O2/c1-16-23-14-30-32(22-10-8-21(29)9-11-22)25(23)13-19-3-2-18(27(16)19)12-24(31-26(34)15-33)17-4-6-20(28)7-5-17/h4-11,14,16,18,24,33H,2-3,12-13,15H2,1H3,(H,31,34)/t16-,18+,24?/m0/s1. The Bertz CT molecular complexity index is 1230. The lowest BCUT2D eigenvalue weighted by Crippen LogP contribution is -2.32. The van der Waals surface area contributed by atoms with Crippen molar-refractivity contribution in [3.8, 4) is 5.69 Å². The molecule has 0 bridgehead atoms. The van der Waals surface area contributed by atoms with Crippen molar-refractivity contribution >= 4 is 17.5 Å². The number of carbonyl (C=O) groups is 1. The number of amides is 1. The molecule has 2 aliphatic rings. The Morgan fingerprint density at radius 1 is 1.24 bits per heavy atom. The maximum absolute atomic E-state index is 13.4. The van der Waals surface area contributed by atoms with Gasteiger partial charge in [0.25, 0.3) is 0 Å². The summed E-state index contributed by atoms with van der Waals surface area (Å²) < 4.78 is 15.3. The number of hydrogen-bond donors (Lipinski definition) is 2. The first-order valence-corrected chi connectivity index (χ1v) is 12.0. The third-order valence-corrected chi connectivity index (χ3v) is 7.45. The van der Waals surface area contributed by atoms with E-state index in [-0.39, 0.29) is 23.7 Å². The molecule has 1 unspecified atom stereocenters. The van der Waals surface area contributed by atoms with Crippen molar-refractivity contribution in [3.63, 3.8) is 0 Å². The number of hydrogen-bond acceptors (Lipinski definition) is 3. The first kappa shape index (κ1) is 22.8. The molecule has 5 nitrogen and oxygen atoms in total. The second kappa shape index (κ2) is 9.35. The second-order valence-corrected chi connectivity index (χ2v) is 9.63. The zero-order valence-electron chi connectivity index (χ0n) is 19.0. The molecule has 2 aromatic carbocycles. The topological polar surface area (TPSA) is 67.2 Å². The van der Waals surface area contributed by atoms with Crippen LogP contribution in [0, 0.1) is 11.7 Å². The Labute approximate surface area is 203 Å². The van der Waals surface area contributed by atoms with E-state index in [1.54, 1.807) is 12.1 Å². The van der Waals surface area contributed by atoms with Gasteiger partial charge in [0.1, 0.15) is 12.4 Å². The lowest BCUT2D eigenvalue weighted by atomic mass is 9.78. The van der Waals surface area contributed by atoms with Gasteiger partial charge in [-0.15, -0.1) is 0 Å². The SMILES string of the molecule is C[C@@H]1C2=C(CC[C@@H]2CC(NC(=O)CO)c2ccc(Cl)cc2)Cc2c1cnn2-c1ccc(F)cc1. The molecule has 2 N–H and O–H groups in total. The minimum Gasteiger partial charge on any atom is -0.387 e. The van der Waals surface area contributed by atoms with Gasteiger partial charge in [-0.2, -0.15) is 5.10 Å². The summed E-state index contributed by atoms with van der Waals surface area (Å²) in [6.07, 6.45) is 5.57. The third kappa shape index (κ3) is 4.28. The second-order valence-electron chi connectivity index (χ2n) is 9.19. The van der Waals surface area contributed by atoms with Crippen LogP contribution in [0.25, 0.3) is 5.69 Å². The summed E-state index contributed by atoms with van der Waals surface area (Å²) in [6, 6.07) is 13.8. The summed E-state index contributed by atoms with van der Waals surface area (Å²) in [6.45, 7) is 1.69. The number of aliphatic hydroxyl groups is 1. The Kier molecular flexibility index (Phi) is 6.28. The highest BCUT2D eigenvalue weighted by molar-refractivity contribution is 6.30. The van der Waals surface area contributed by atoms with Gasteiger partial charge in [0, 0.05) is 22.9 Å². The molecular weight excluding hydrogens is 453 g/mol. The largest absolute Gasteiger partial charge is 0.387 e. The first-order valence-electron chi connectivity index (χ1n) is 11.6. The van der Waals surface area contributed by atoms with E-state index < -0.39 is 6.61 Å². The van der Waals surface area contributed by atoms with Crippen LogP contribution >= 0.6 is 11.6 Å². The van der Waals surface area contributed by atoms with Gasteiger partial charge in [0.05, 0.1) is 23.6 Å². The van der Waals surface area contributed by atoms with E-state index in [0.717, 1.165) is 36.9 Å². The molecule has 1 amide bonds. The quantitative estimate of drug-likeness (QED) is 0.473. The van der Waals surface area contributed by atoms with Crippen molar-refractivity contribution in [1.29, 1.82) is 0 Å². The van der Waals surface area contributed by atoms with Crippen LogP contribution < -0.4 is 5.32 Å². The minimum atomic E-state index is -0.537. The number of allylic oxidation sites excluding steroid dienone is 2. The molecule has 0 saturated heterocycles. The molecular formula is C27H27ClFN3O2. The average Bonchev–Trinajstić information content (AvgIpc) is 3.44. The predicted octanol–water partition coefficient (Wildman–Crippen LogP) is 5.27. The first-order chi connectivity index (χ1) is 16.4. The summed E-state index contributed by atoms with van der Waals surface area (Å²) in [5.41, 5.74) is 7.11. The zero-order valence-corrected chi connectivity index (χ0v) is 19.7. The molecule has 176 valence electrons. The van der Waals surface area contributed by atoms with E-state index in [2.05, 4.69) is 17.3 Å². The van der Waals surface area contributed by atoms with E-state index in [9.17, 15) is 14.3 Å². The molecule has 34 heavy (non-hydrogen) atoms. The Morgan fingerprint density at radius 2 is 1.97 bits per heavy atom. The van der Waals surface area contributed by atoms with Crippen LogP contribution in [0.2, 0.25) is 5.02 Å². The summed E-state index contributed by atoms with van der Waals surface area (Å²) >= 11 is 6.07. The molecule has 1 aromatic heterocycles. The number of rotatable bonds is 6. The summed E-state index contributed by atoms with van der Waals surface area (Å²) in [7, 11) is 0. The fourth-order valence-corrected chi connectivity index (χ4v) is 5.76. The van der Waals surface area contributed by atoms with Gasteiger partial charge in [-0.3, -0.25) is 4.79 Å². The molecule has 0 aliphatic heterocycles. The molecule has 5 rings (SSSR count). The lowest BCUT2D eigenvalue weighted by Gasteiger charge is -2.29. The average molecular weight is 480 g/mol. The van der Waals surface area contributed by atoms with E-state index in [0.29, 0.717) is 10.9 Å².